The second-order valence-corrected chi connectivity index (χ2v) is 4.58. The van der Waals surface area contributed by atoms with Crippen LogP contribution in [0.2, 0.25) is 0 Å². The van der Waals surface area contributed by atoms with Gasteiger partial charge < -0.3 is 15.1 Å². The third kappa shape index (κ3) is 4.75. The van der Waals surface area contributed by atoms with E-state index in [0.29, 0.717) is 25.8 Å². The van der Waals surface area contributed by atoms with Crippen LogP contribution >= 0.6 is 0 Å². The number of nitrogens with zero attached hydrogens (tertiary/aromatic N) is 1. The number of aromatic hydroxyl groups is 1. The molecule has 0 radical (unpaired) electrons. The molecule has 1 rings (SSSR count). The molecule has 0 saturated heterocycles. The second kappa shape index (κ2) is 7.01. The summed E-state index contributed by atoms with van der Waals surface area (Å²) in [6.07, 6.45) is 1.09. The molecule has 1 aromatic carbocycles. The van der Waals surface area contributed by atoms with Crippen LogP contribution in [0.1, 0.15) is 25.3 Å². The van der Waals surface area contributed by atoms with Gasteiger partial charge in [0.1, 0.15) is 5.75 Å². The lowest BCUT2D eigenvalue weighted by Crippen LogP contribution is -2.29. The minimum Gasteiger partial charge on any atom is -0.508 e. The molecule has 0 bridgehead atoms. The molecule has 4 nitrogen and oxygen atoms in total. The lowest BCUT2D eigenvalue weighted by Gasteiger charge is -2.18. The minimum atomic E-state index is -0.390. The zero-order chi connectivity index (χ0) is 13.5. The molecule has 1 amide bonds. The Balaban J connectivity index is 2.39. The summed E-state index contributed by atoms with van der Waals surface area (Å²) >= 11 is 0. The first kappa shape index (κ1) is 14.5. The van der Waals surface area contributed by atoms with Gasteiger partial charge in [-0.05, 0) is 31.4 Å². The summed E-state index contributed by atoms with van der Waals surface area (Å²) in [5.74, 6) is 0.260. The molecule has 100 valence electrons. The van der Waals surface area contributed by atoms with Crippen LogP contribution in [-0.4, -0.2) is 40.7 Å². The summed E-state index contributed by atoms with van der Waals surface area (Å²) in [6, 6.07) is 7.04. The van der Waals surface area contributed by atoms with Crippen LogP contribution < -0.4 is 0 Å². The van der Waals surface area contributed by atoms with Gasteiger partial charge in [0.15, 0.2) is 0 Å². The van der Waals surface area contributed by atoms with E-state index in [9.17, 15) is 9.90 Å². The highest BCUT2D eigenvalue weighted by molar-refractivity contribution is 5.76. The predicted molar refractivity (Wildman–Crippen MR) is 70.4 cm³/mol. The number of rotatable bonds is 6. The molecule has 0 aliphatic carbocycles. The predicted octanol–water partition coefficient (Wildman–Crippen LogP) is 1.55. The number of aliphatic hydroxyl groups is 1. The first-order valence-corrected chi connectivity index (χ1v) is 6.19. The number of phenols is 1. The number of benzene rings is 1. The van der Waals surface area contributed by atoms with E-state index in [1.165, 1.54) is 0 Å². The molecule has 18 heavy (non-hydrogen) atoms. The molecule has 1 aromatic rings. The summed E-state index contributed by atoms with van der Waals surface area (Å²) < 4.78 is 0. The topological polar surface area (TPSA) is 60.8 Å². The molecule has 0 spiro atoms. The molecule has 0 aliphatic heterocycles. The van der Waals surface area contributed by atoms with Gasteiger partial charge in [0.2, 0.25) is 5.91 Å². The van der Waals surface area contributed by atoms with Crippen molar-refractivity contribution in [3.8, 4) is 5.75 Å². The first-order valence-electron chi connectivity index (χ1n) is 6.19. The van der Waals surface area contributed by atoms with Gasteiger partial charge in [-0.2, -0.15) is 0 Å². The number of amides is 1. The van der Waals surface area contributed by atoms with Gasteiger partial charge >= 0.3 is 0 Å². The van der Waals surface area contributed by atoms with Crippen LogP contribution in [0.5, 0.6) is 5.75 Å². The zero-order valence-corrected chi connectivity index (χ0v) is 11.0. The van der Waals surface area contributed by atoms with Crippen LogP contribution in [0.4, 0.5) is 0 Å². The number of carbonyl (C=O) groups excluding carboxylic acids is 1. The second-order valence-electron chi connectivity index (χ2n) is 4.58. The molecule has 1 unspecified atom stereocenters. The highest BCUT2D eigenvalue weighted by Gasteiger charge is 2.10. The average molecular weight is 251 g/mol. The summed E-state index contributed by atoms with van der Waals surface area (Å²) in [4.78, 5) is 13.4. The zero-order valence-electron chi connectivity index (χ0n) is 11.0. The summed E-state index contributed by atoms with van der Waals surface area (Å²) in [5.41, 5.74) is 0.787. The molecule has 2 N–H and O–H groups in total. The Morgan fingerprint density at radius 3 is 2.67 bits per heavy atom. The lowest BCUT2D eigenvalue weighted by atomic mass is 10.1. The lowest BCUT2D eigenvalue weighted by molar-refractivity contribution is -0.130. The molecule has 4 heteroatoms. The van der Waals surface area contributed by atoms with E-state index in [4.69, 9.17) is 5.11 Å². The van der Waals surface area contributed by atoms with Crippen molar-refractivity contribution in [3.05, 3.63) is 29.8 Å². The smallest absolute Gasteiger partial charge is 0.222 e. The van der Waals surface area contributed by atoms with Gasteiger partial charge in [-0.25, -0.2) is 0 Å². The van der Waals surface area contributed by atoms with Gasteiger partial charge in [-0.15, -0.1) is 0 Å². The van der Waals surface area contributed by atoms with E-state index >= 15 is 0 Å². The largest absolute Gasteiger partial charge is 0.508 e. The number of hydrogen-bond donors (Lipinski definition) is 2. The van der Waals surface area contributed by atoms with Crippen LogP contribution in [-0.2, 0) is 11.2 Å². The standard InChI is InChI=1S/C14H21NO3/c1-11(16)9-10-15(2)14(18)8-7-12-5-3-4-6-13(12)17/h3-6,11,16-17H,7-10H2,1-2H3. The molecule has 0 aromatic heterocycles. The van der Waals surface area contributed by atoms with E-state index in [1.807, 2.05) is 12.1 Å². The van der Waals surface area contributed by atoms with E-state index < -0.39 is 6.10 Å². The van der Waals surface area contributed by atoms with Crippen molar-refractivity contribution < 1.29 is 15.0 Å². The van der Waals surface area contributed by atoms with Crippen molar-refractivity contribution in [1.29, 1.82) is 0 Å². The fourth-order valence-corrected chi connectivity index (χ4v) is 1.66. The highest BCUT2D eigenvalue weighted by atomic mass is 16.3. The molecular weight excluding hydrogens is 230 g/mol. The van der Waals surface area contributed by atoms with Gasteiger partial charge in [0.25, 0.3) is 0 Å². The average Bonchev–Trinajstić information content (AvgIpc) is 2.34. The van der Waals surface area contributed by atoms with Crippen molar-refractivity contribution >= 4 is 5.91 Å². The van der Waals surface area contributed by atoms with Crippen molar-refractivity contribution in [2.45, 2.75) is 32.3 Å². The summed E-state index contributed by atoms with van der Waals surface area (Å²) in [7, 11) is 1.73. The summed E-state index contributed by atoms with van der Waals surface area (Å²) in [6.45, 7) is 2.26. The van der Waals surface area contributed by atoms with Crippen LogP contribution in [0.15, 0.2) is 24.3 Å². The SMILES string of the molecule is CC(O)CCN(C)C(=O)CCc1ccccc1O. The monoisotopic (exact) mass is 251 g/mol. The number of para-hydroxylation sites is 1. The van der Waals surface area contributed by atoms with Gasteiger partial charge in [0.05, 0.1) is 6.10 Å². The Morgan fingerprint density at radius 1 is 1.39 bits per heavy atom. The van der Waals surface area contributed by atoms with Crippen molar-refractivity contribution in [3.63, 3.8) is 0 Å². The molecular formula is C14H21NO3. The third-order valence-electron chi connectivity index (χ3n) is 2.91. The fourth-order valence-electron chi connectivity index (χ4n) is 1.66. The maximum Gasteiger partial charge on any atom is 0.222 e. The maximum atomic E-state index is 11.8. The fraction of sp³-hybridized carbons (Fsp3) is 0.500. The Bertz CT molecular complexity index is 390. The van der Waals surface area contributed by atoms with Crippen molar-refractivity contribution in [1.82, 2.24) is 4.90 Å². The van der Waals surface area contributed by atoms with Crippen molar-refractivity contribution in [2.75, 3.05) is 13.6 Å². The highest BCUT2D eigenvalue weighted by Crippen LogP contribution is 2.17. The molecule has 0 saturated carbocycles. The normalized spacial score (nSPS) is 12.2. The van der Waals surface area contributed by atoms with Gasteiger partial charge in [-0.1, -0.05) is 18.2 Å². The van der Waals surface area contributed by atoms with E-state index in [1.54, 1.807) is 31.0 Å². The number of phenolic OH excluding ortho intramolecular Hbond substituents is 1. The Morgan fingerprint density at radius 2 is 2.06 bits per heavy atom. The number of aliphatic hydroxyl groups excluding tert-OH is 1. The minimum absolute atomic E-state index is 0.0268. The van der Waals surface area contributed by atoms with E-state index in [2.05, 4.69) is 0 Å². The van der Waals surface area contributed by atoms with Crippen LogP contribution in [0.3, 0.4) is 0 Å². The first-order chi connectivity index (χ1) is 8.50. The van der Waals surface area contributed by atoms with E-state index in [-0.39, 0.29) is 11.7 Å². The Labute approximate surface area is 108 Å². The maximum absolute atomic E-state index is 11.8. The number of carbonyl (C=O) groups is 1. The van der Waals surface area contributed by atoms with Gasteiger partial charge in [0, 0.05) is 20.0 Å². The molecule has 0 heterocycles. The third-order valence-corrected chi connectivity index (χ3v) is 2.91. The Hall–Kier alpha value is -1.55. The Kier molecular flexibility index (Phi) is 5.65. The van der Waals surface area contributed by atoms with Crippen LogP contribution in [0.25, 0.3) is 0 Å². The summed E-state index contributed by atoms with van der Waals surface area (Å²) in [5, 5.41) is 18.7. The molecule has 1 atom stereocenters. The number of hydrogen-bond acceptors (Lipinski definition) is 3. The van der Waals surface area contributed by atoms with E-state index in [0.717, 1.165) is 5.56 Å². The van der Waals surface area contributed by atoms with Crippen LogP contribution in [0, 0.1) is 0 Å². The molecule has 0 fully saturated rings. The quantitative estimate of drug-likeness (QED) is 0.806. The molecule has 0 aliphatic rings. The number of aryl methyl sites for hydroxylation is 1. The van der Waals surface area contributed by atoms with Crippen molar-refractivity contribution in [2.24, 2.45) is 0 Å². The van der Waals surface area contributed by atoms with Gasteiger partial charge in [-0.3, -0.25) is 4.79 Å².